The van der Waals surface area contributed by atoms with Crippen LogP contribution in [0.3, 0.4) is 0 Å². The molecule has 0 bridgehead atoms. The predicted octanol–water partition coefficient (Wildman–Crippen LogP) is 3.65. The van der Waals surface area contributed by atoms with E-state index in [9.17, 15) is 13.2 Å². The standard InChI is InChI=1S/C23H24N2O4S/c1-15-7-8-17-13-19(11-12-21(17)24-15)25(30(3,27)28)23(26)18-10-9-16-5-4-6-22(29-2)20(16)14-18/h4-8,11-13,18H,9-10,14H2,1-3H3. The number of fused-ring (bicyclic) bond motifs is 2. The zero-order valence-electron chi connectivity index (χ0n) is 17.3. The van der Waals surface area contributed by atoms with Crippen LogP contribution < -0.4 is 9.04 Å². The van der Waals surface area contributed by atoms with Gasteiger partial charge < -0.3 is 4.74 Å². The lowest BCUT2D eigenvalue weighted by Crippen LogP contribution is -2.42. The molecule has 0 fully saturated rings. The van der Waals surface area contributed by atoms with Crippen LogP contribution in [0, 0.1) is 12.8 Å². The number of nitrogens with zero attached hydrogens (tertiary/aromatic N) is 2. The molecule has 0 radical (unpaired) electrons. The number of carbonyl (C=O) groups excluding carboxylic acids is 1. The van der Waals surface area contributed by atoms with Crippen LogP contribution in [0.2, 0.25) is 0 Å². The second kappa shape index (κ2) is 7.72. The summed E-state index contributed by atoms with van der Waals surface area (Å²) in [5.41, 5.74) is 4.11. The van der Waals surface area contributed by atoms with Gasteiger partial charge in [0.25, 0.3) is 0 Å². The minimum atomic E-state index is -3.80. The quantitative estimate of drug-likeness (QED) is 0.639. The largest absolute Gasteiger partial charge is 0.496 e. The Kier molecular flexibility index (Phi) is 5.24. The lowest BCUT2D eigenvalue weighted by atomic mass is 9.83. The summed E-state index contributed by atoms with van der Waals surface area (Å²) in [4.78, 5) is 17.9. The van der Waals surface area contributed by atoms with Gasteiger partial charge in [-0.05, 0) is 67.6 Å². The average molecular weight is 425 g/mol. The van der Waals surface area contributed by atoms with Gasteiger partial charge >= 0.3 is 0 Å². The van der Waals surface area contributed by atoms with Gasteiger partial charge in [0.2, 0.25) is 15.9 Å². The van der Waals surface area contributed by atoms with Crippen molar-refractivity contribution in [2.24, 2.45) is 5.92 Å². The summed E-state index contributed by atoms with van der Waals surface area (Å²) in [7, 11) is -2.20. The Morgan fingerprint density at radius 1 is 1.17 bits per heavy atom. The van der Waals surface area contributed by atoms with Crippen molar-refractivity contribution in [1.82, 2.24) is 4.98 Å². The molecule has 1 aromatic heterocycles. The fourth-order valence-corrected chi connectivity index (χ4v) is 5.12. The third-order valence-electron chi connectivity index (χ3n) is 5.59. The van der Waals surface area contributed by atoms with E-state index in [4.69, 9.17) is 4.74 Å². The van der Waals surface area contributed by atoms with E-state index in [1.54, 1.807) is 25.3 Å². The molecule has 0 spiro atoms. The van der Waals surface area contributed by atoms with Gasteiger partial charge in [0.1, 0.15) is 5.75 Å². The zero-order chi connectivity index (χ0) is 21.5. The first-order valence-corrected chi connectivity index (χ1v) is 11.7. The summed E-state index contributed by atoms with van der Waals surface area (Å²) >= 11 is 0. The van der Waals surface area contributed by atoms with Crippen molar-refractivity contribution in [1.29, 1.82) is 0 Å². The molecule has 2 aromatic carbocycles. The average Bonchev–Trinajstić information content (AvgIpc) is 2.72. The number of amides is 1. The molecule has 156 valence electrons. The van der Waals surface area contributed by atoms with E-state index in [1.165, 1.54) is 0 Å². The number of ether oxygens (including phenoxy) is 1. The van der Waals surface area contributed by atoms with Crippen LogP contribution in [-0.4, -0.2) is 32.7 Å². The number of methoxy groups -OCH3 is 1. The van der Waals surface area contributed by atoms with Gasteiger partial charge in [-0.15, -0.1) is 0 Å². The van der Waals surface area contributed by atoms with Crippen LogP contribution in [0.25, 0.3) is 10.9 Å². The molecule has 1 aliphatic rings. The maximum Gasteiger partial charge on any atom is 0.244 e. The molecular formula is C23H24N2O4S. The number of carbonyl (C=O) groups is 1. The molecule has 7 heteroatoms. The molecule has 0 saturated heterocycles. The Morgan fingerprint density at radius 3 is 2.70 bits per heavy atom. The van der Waals surface area contributed by atoms with Crippen LogP contribution in [0.5, 0.6) is 5.75 Å². The number of aromatic nitrogens is 1. The van der Waals surface area contributed by atoms with Crippen LogP contribution in [-0.2, 0) is 27.7 Å². The first-order valence-electron chi connectivity index (χ1n) is 9.84. The van der Waals surface area contributed by atoms with Crippen molar-refractivity contribution in [3.63, 3.8) is 0 Å². The number of benzene rings is 2. The first-order chi connectivity index (χ1) is 14.3. The van der Waals surface area contributed by atoms with E-state index in [0.29, 0.717) is 24.9 Å². The normalized spacial score (nSPS) is 16.2. The minimum Gasteiger partial charge on any atom is -0.496 e. The van der Waals surface area contributed by atoms with Crippen molar-refractivity contribution < 1.29 is 17.9 Å². The van der Waals surface area contributed by atoms with E-state index >= 15 is 0 Å². The number of aryl methyl sites for hydroxylation is 2. The van der Waals surface area contributed by atoms with Crippen LogP contribution in [0.4, 0.5) is 5.69 Å². The molecular weight excluding hydrogens is 400 g/mol. The molecule has 30 heavy (non-hydrogen) atoms. The molecule has 3 aromatic rings. The summed E-state index contributed by atoms with van der Waals surface area (Å²) in [5.74, 6) is -0.105. The van der Waals surface area contributed by atoms with E-state index in [1.807, 2.05) is 37.3 Å². The third-order valence-corrected chi connectivity index (χ3v) is 6.64. The van der Waals surface area contributed by atoms with Crippen LogP contribution in [0.15, 0.2) is 48.5 Å². The lowest BCUT2D eigenvalue weighted by molar-refractivity contribution is -0.121. The molecule has 1 aliphatic carbocycles. The summed E-state index contributed by atoms with van der Waals surface area (Å²) in [5, 5.41) is 0.787. The number of sulfonamides is 1. The zero-order valence-corrected chi connectivity index (χ0v) is 18.1. The summed E-state index contributed by atoms with van der Waals surface area (Å²) < 4.78 is 31.7. The van der Waals surface area contributed by atoms with Gasteiger partial charge in [-0.2, -0.15) is 0 Å². The second-order valence-corrected chi connectivity index (χ2v) is 9.56. The van der Waals surface area contributed by atoms with Gasteiger partial charge in [-0.25, -0.2) is 12.7 Å². The van der Waals surface area contributed by atoms with Gasteiger partial charge in [0, 0.05) is 17.0 Å². The fourth-order valence-electron chi connectivity index (χ4n) is 4.15. The second-order valence-electron chi connectivity index (χ2n) is 7.73. The predicted molar refractivity (Wildman–Crippen MR) is 117 cm³/mol. The van der Waals surface area contributed by atoms with Crippen LogP contribution >= 0.6 is 0 Å². The molecule has 1 atom stereocenters. The Morgan fingerprint density at radius 2 is 1.97 bits per heavy atom. The van der Waals surface area contributed by atoms with E-state index in [-0.39, 0.29) is 0 Å². The smallest absolute Gasteiger partial charge is 0.244 e. The van der Waals surface area contributed by atoms with Crippen molar-refractivity contribution in [3.05, 3.63) is 65.4 Å². The number of anilines is 1. The highest BCUT2D eigenvalue weighted by Gasteiger charge is 2.34. The van der Waals surface area contributed by atoms with Crippen LogP contribution in [0.1, 0.15) is 23.2 Å². The highest BCUT2D eigenvalue weighted by molar-refractivity contribution is 7.92. The van der Waals surface area contributed by atoms with E-state index < -0.39 is 21.8 Å². The maximum atomic E-state index is 13.4. The van der Waals surface area contributed by atoms with Gasteiger partial charge in [0.15, 0.2) is 0 Å². The van der Waals surface area contributed by atoms with Crippen molar-refractivity contribution in [2.75, 3.05) is 17.7 Å². The maximum absolute atomic E-state index is 13.4. The molecule has 0 N–H and O–H groups in total. The monoisotopic (exact) mass is 424 g/mol. The highest BCUT2D eigenvalue weighted by atomic mass is 32.2. The van der Waals surface area contributed by atoms with Gasteiger partial charge in [-0.1, -0.05) is 18.2 Å². The Hall–Kier alpha value is -2.93. The molecule has 4 rings (SSSR count). The van der Waals surface area contributed by atoms with E-state index in [2.05, 4.69) is 4.98 Å². The fraction of sp³-hybridized carbons (Fsp3) is 0.304. The first kappa shape index (κ1) is 20.3. The third kappa shape index (κ3) is 3.77. The Labute approximate surface area is 176 Å². The molecule has 0 aliphatic heterocycles. The number of rotatable bonds is 4. The summed E-state index contributed by atoms with van der Waals surface area (Å²) in [6.45, 7) is 1.90. The van der Waals surface area contributed by atoms with Gasteiger partial charge in [-0.3, -0.25) is 9.78 Å². The SMILES string of the molecule is COc1cccc2c1CC(C(=O)N(c1ccc3nc(C)ccc3c1)S(C)(=O)=O)CC2. The van der Waals surface area contributed by atoms with Crippen molar-refractivity contribution in [2.45, 2.75) is 26.2 Å². The summed E-state index contributed by atoms with van der Waals surface area (Å²) in [6, 6.07) is 14.7. The molecule has 1 heterocycles. The Balaban J connectivity index is 1.71. The minimum absolute atomic E-state index is 0.339. The lowest BCUT2D eigenvalue weighted by Gasteiger charge is -2.29. The molecule has 1 amide bonds. The molecule has 0 saturated carbocycles. The highest BCUT2D eigenvalue weighted by Crippen LogP contribution is 2.34. The molecule has 6 nitrogen and oxygen atoms in total. The summed E-state index contributed by atoms with van der Waals surface area (Å²) in [6.07, 6.45) is 2.83. The topological polar surface area (TPSA) is 76.6 Å². The van der Waals surface area contributed by atoms with Crippen molar-refractivity contribution in [3.8, 4) is 5.75 Å². The number of pyridine rings is 1. The number of hydrogen-bond acceptors (Lipinski definition) is 5. The van der Waals surface area contributed by atoms with Crippen molar-refractivity contribution >= 4 is 32.5 Å². The molecule has 1 unspecified atom stereocenters. The van der Waals surface area contributed by atoms with Gasteiger partial charge in [0.05, 0.1) is 24.6 Å². The number of hydrogen-bond donors (Lipinski definition) is 0. The van der Waals surface area contributed by atoms with E-state index in [0.717, 1.165) is 44.0 Å². The Bertz CT molecular complexity index is 1220.